The second-order valence-corrected chi connectivity index (χ2v) is 8.04. The molecule has 0 spiro atoms. The second kappa shape index (κ2) is 2.80. The summed E-state index contributed by atoms with van der Waals surface area (Å²) in [5, 5.41) is 0. The maximum absolute atomic E-state index is 5.14. The summed E-state index contributed by atoms with van der Waals surface area (Å²) >= 11 is 0. The van der Waals surface area contributed by atoms with E-state index < -0.39 is 8.32 Å². The van der Waals surface area contributed by atoms with E-state index in [0.717, 1.165) is 0 Å². The van der Waals surface area contributed by atoms with Crippen molar-refractivity contribution in [1.29, 1.82) is 0 Å². The van der Waals surface area contributed by atoms with Crippen LogP contribution in [-0.4, -0.2) is 18.8 Å². The molecule has 47 valence electrons. The van der Waals surface area contributed by atoms with Gasteiger partial charge >= 0.3 is 0 Å². The first-order chi connectivity index (χ1) is 3.50. The van der Waals surface area contributed by atoms with Gasteiger partial charge in [0.25, 0.3) is 0 Å². The Labute approximate surface area is 56.1 Å². The molecule has 0 unspecified atom stereocenters. The van der Waals surface area contributed by atoms with Gasteiger partial charge in [-0.1, -0.05) is 13.8 Å². The molecule has 0 saturated carbocycles. The zero-order valence-electron chi connectivity index (χ0n) is 5.99. The van der Waals surface area contributed by atoms with Crippen LogP contribution in [0.2, 0.25) is 18.6 Å². The molecule has 0 amide bonds. The predicted molar refractivity (Wildman–Crippen MR) is 39.4 cm³/mol. The summed E-state index contributed by atoms with van der Waals surface area (Å²) in [6, 6.07) is 0. The van der Waals surface area contributed by atoms with Gasteiger partial charge in [-0.05, 0) is 18.6 Å². The molecule has 8 heavy (non-hydrogen) atoms. The van der Waals surface area contributed by atoms with Crippen LogP contribution in [0.1, 0.15) is 13.8 Å². The average Bonchev–Trinajstić information content (AvgIpc) is 1.67. The maximum Gasteiger partial charge on any atom is 0.230 e. The number of hydrogen-bond acceptors (Lipinski definition) is 1. The summed E-state index contributed by atoms with van der Waals surface area (Å²) < 4.78 is 5.14. The molecule has 0 aliphatic rings. The normalized spacial score (nSPS) is 12.8. The van der Waals surface area contributed by atoms with E-state index >= 15 is 0 Å². The highest BCUT2D eigenvalue weighted by molar-refractivity contribution is 6.74. The van der Waals surface area contributed by atoms with Crippen molar-refractivity contribution in [2.24, 2.45) is 0 Å². The minimum Gasteiger partial charge on any atom is -0.457 e. The Morgan fingerprint density at radius 2 is 1.75 bits per heavy atom. The SMILES string of the molecule is CC(C)[Si](C)(C)O[Si]. The van der Waals surface area contributed by atoms with Crippen molar-refractivity contribution in [2.75, 3.05) is 0 Å². The molecule has 0 N–H and O–H groups in total. The van der Waals surface area contributed by atoms with E-state index in [1.54, 1.807) is 0 Å². The Morgan fingerprint density at radius 3 is 1.75 bits per heavy atom. The monoisotopic (exact) mass is 145 g/mol. The van der Waals surface area contributed by atoms with E-state index in [2.05, 4.69) is 37.4 Å². The molecule has 0 aliphatic heterocycles. The number of rotatable bonds is 2. The summed E-state index contributed by atoms with van der Waals surface area (Å²) in [6.07, 6.45) is 0. The first-order valence-corrected chi connectivity index (χ1v) is 6.25. The summed E-state index contributed by atoms with van der Waals surface area (Å²) in [6.45, 7) is 8.74. The fourth-order valence-corrected chi connectivity index (χ4v) is 1.06. The van der Waals surface area contributed by atoms with Crippen molar-refractivity contribution < 1.29 is 4.12 Å². The van der Waals surface area contributed by atoms with Crippen LogP contribution in [0.4, 0.5) is 0 Å². The minimum atomic E-state index is -1.34. The van der Waals surface area contributed by atoms with Gasteiger partial charge in [-0.25, -0.2) is 0 Å². The zero-order chi connectivity index (χ0) is 6.78. The predicted octanol–water partition coefficient (Wildman–Crippen LogP) is 1.70. The molecule has 3 heteroatoms. The van der Waals surface area contributed by atoms with Gasteiger partial charge in [0.2, 0.25) is 10.5 Å². The van der Waals surface area contributed by atoms with Crippen molar-refractivity contribution >= 4 is 18.8 Å². The Hall–Kier alpha value is 0.394. The van der Waals surface area contributed by atoms with E-state index in [9.17, 15) is 0 Å². The highest BCUT2D eigenvalue weighted by Gasteiger charge is 2.23. The van der Waals surface area contributed by atoms with Gasteiger partial charge in [0.05, 0.1) is 0 Å². The van der Waals surface area contributed by atoms with Crippen LogP contribution < -0.4 is 0 Å². The van der Waals surface area contributed by atoms with Gasteiger partial charge in [-0.3, -0.25) is 0 Å². The highest BCUT2D eigenvalue weighted by atomic mass is 28.4. The molecule has 1 nitrogen and oxygen atoms in total. The molecule has 0 rings (SSSR count). The van der Waals surface area contributed by atoms with E-state index in [1.165, 1.54) is 0 Å². The lowest BCUT2D eigenvalue weighted by Gasteiger charge is -2.24. The van der Waals surface area contributed by atoms with E-state index in [0.29, 0.717) is 5.54 Å². The van der Waals surface area contributed by atoms with Crippen LogP contribution in [0.5, 0.6) is 0 Å². The van der Waals surface area contributed by atoms with Crippen molar-refractivity contribution in [3.8, 4) is 0 Å². The maximum atomic E-state index is 5.14. The van der Waals surface area contributed by atoms with Gasteiger partial charge in [0.1, 0.15) is 0 Å². The third kappa shape index (κ3) is 2.11. The molecule has 0 aromatic rings. The molecule has 0 atom stereocenters. The Morgan fingerprint density at radius 1 is 1.38 bits per heavy atom. The summed E-state index contributed by atoms with van der Waals surface area (Å²) in [7, 11) is 1.74. The van der Waals surface area contributed by atoms with Crippen LogP contribution in [0.15, 0.2) is 0 Å². The average molecular weight is 145 g/mol. The standard InChI is InChI=1S/C5H13OSi2/c1-5(2)8(3,4)6-7/h5H,1-4H3. The van der Waals surface area contributed by atoms with Crippen LogP contribution in [0.25, 0.3) is 0 Å². The summed E-state index contributed by atoms with van der Waals surface area (Å²) in [5.41, 5.74) is 0.681. The fourth-order valence-electron chi connectivity index (χ4n) is 0.118. The summed E-state index contributed by atoms with van der Waals surface area (Å²) in [5.74, 6) is 0. The van der Waals surface area contributed by atoms with Crippen molar-refractivity contribution in [1.82, 2.24) is 0 Å². The lowest BCUT2D eigenvalue weighted by molar-refractivity contribution is 0.587. The molecule has 0 bridgehead atoms. The van der Waals surface area contributed by atoms with E-state index in [1.807, 2.05) is 0 Å². The Kier molecular flexibility index (Phi) is 2.94. The molecule has 0 aromatic carbocycles. The van der Waals surface area contributed by atoms with Gasteiger partial charge in [0.15, 0.2) is 8.32 Å². The van der Waals surface area contributed by atoms with Crippen LogP contribution in [0, 0.1) is 0 Å². The van der Waals surface area contributed by atoms with Crippen molar-refractivity contribution in [2.45, 2.75) is 32.5 Å². The third-order valence-electron chi connectivity index (χ3n) is 1.65. The molecule has 0 heterocycles. The van der Waals surface area contributed by atoms with Crippen LogP contribution >= 0.6 is 0 Å². The first kappa shape index (κ1) is 8.39. The molecule has 0 saturated heterocycles. The lowest BCUT2D eigenvalue weighted by atomic mass is 10.6. The van der Waals surface area contributed by atoms with Gasteiger partial charge in [-0.15, -0.1) is 0 Å². The Balaban J connectivity index is 3.71. The molecule has 0 aromatic heterocycles. The highest BCUT2D eigenvalue weighted by Crippen LogP contribution is 2.19. The smallest absolute Gasteiger partial charge is 0.230 e. The fraction of sp³-hybridized carbons (Fsp3) is 1.00. The van der Waals surface area contributed by atoms with Gasteiger partial charge < -0.3 is 4.12 Å². The third-order valence-corrected chi connectivity index (χ3v) is 6.54. The quantitative estimate of drug-likeness (QED) is 0.537. The topological polar surface area (TPSA) is 9.23 Å². The van der Waals surface area contributed by atoms with Gasteiger partial charge in [0, 0.05) is 0 Å². The largest absolute Gasteiger partial charge is 0.457 e. The molecular weight excluding hydrogens is 132 g/mol. The molecule has 0 fully saturated rings. The van der Waals surface area contributed by atoms with Crippen molar-refractivity contribution in [3.05, 3.63) is 0 Å². The molecule has 3 radical (unpaired) electrons. The van der Waals surface area contributed by atoms with E-state index in [4.69, 9.17) is 4.12 Å². The Bertz CT molecular complexity index is 70.8. The zero-order valence-corrected chi connectivity index (χ0v) is 7.99. The van der Waals surface area contributed by atoms with Crippen LogP contribution in [-0.2, 0) is 4.12 Å². The molecular formula is C5H13OSi2. The van der Waals surface area contributed by atoms with E-state index in [-0.39, 0.29) is 0 Å². The minimum absolute atomic E-state index is 0.681. The lowest BCUT2D eigenvalue weighted by Crippen LogP contribution is -2.32. The number of hydrogen-bond donors (Lipinski definition) is 0. The van der Waals surface area contributed by atoms with Crippen LogP contribution in [0.3, 0.4) is 0 Å². The summed E-state index contributed by atoms with van der Waals surface area (Å²) in [4.78, 5) is 0. The van der Waals surface area contributed by atoms with Crippen molar-refractivity contribution in [3.63, 3.8) is 0 Å². The second-order valence-electron chi connectivity index (χ2n) is 2.86. The van der Waals surface area contributed by atoms with Gasteiger partial charge in [-0.2, -0.15) is 0 Å². The first-order valence-electron chi connectivity index (χ1n) is 2.85. The molecule has 0 aliphatic carbocycles.